The Hall–Kier alpha value is -2.24. The maximum absolute atomic E-state index is 12.0. The molecule has 1 aromatic carbocycles. The van der Waals surface area contributed by atoms with Gasteiger partial charge < -0.3 is 19.9 Å². The van der Waals surface area contributed by atoms with E-state index in [2.05, 4.69) is 18.3 Å². The van der Waals surface area contributed by atoms with E-state index in [4.69, 9.17) is 4.74 Å². The maximum Gasteiger partial charge on any atom is 0.317 e. The third kappa shape index (κ3) is 5.16. The van der Waals surface area contributed by atoms with Crippen LogP contribution in [-0.4, -0.2) is 61.1 Å². The van der Waals surface area contributed by atoms with Gasteiger partial charge in [0.25, 0.3) is 0 Å². The highest BCUT2D eigenvalue weighted by atomic mass is 16.5. The predicted octanol–water partition coefficient (Wildman–Crippen LogP) is 1.50. The van der Waals surface area contributed by atoms with E-state index in [-0.39, 0.29) is 11.9 Å². The highest BCUT2D eigenvalue weighted by Gasteiger charge is 2.21. The van der Waals surface area contributed by atoms with E-state index in [1.807, 2.05) is 18.2 Å². The van der Waals surface area contributed by atoms with Gasteiger partial charge in [-0.25, -0.2) is 4.79 Å². The number of carbonyl (C=O) groups excluding carboxylic acids is 2. The normalized spacial score (nSPS) is 14.5. The third-order valence-electron chi connectivity index (χ3n) is 3.97. The summed E-state index contributed by atoms with van der Waals surface area (Å²) in [5.41, 5.74) is 1.23. The Labute approximate surface area is 137 Å². The lowest BCUT2D eigenvalue weighted by molar-refractivity contribution is -0.130. The van der Waals surface area contributed by atoms with E-state index in [0.29, 0.717) is 39.3 Å². The minimum absolute atomic E-state index is 0.0627. The number of ether oxygens (including phenoxy) is 1. The van der Waals surface area contributed by atoms with Crippen molar-refractivity contribution in [3.8, 4) is 5.75 Å². The van der Waals surface area contributed by atoms with Crippen LogP contribution in [0.25, 0.3) is 0 Å². The molecule has 1 fully saturated rings. The number of hydrogen-bond donors (Lipinski definition) is 1. The molecule has 0 atom stereocenters. The third-order valence-corrected chi connectivity index (χ3v) is 3.97. The monoisotopic (exact) mass is 319 g/mol. The van der Waals surface area contributed by atoms with Crippen LogP contribution in [0, 0.1) is 0 Å². The average Bonchev–Trinajstić information content (AvgIpc) is 2.58. The van der Waals surface area contributed by atoms with Crippen LogP contribution in [-0.2, 0) is 11.2 Å². The smallest absolute Gasteiger partial charge is 0.317 e. The Bertz CT molecular complexity index is 540. The molecule has 0 saturated carbocycles. The molecule has 0 radical (unpaired) electrons. The fourth-order valence-electron chi connectivity index (χ4n) is 2.52. The first-order valence-electron chi connectivity index (χ1n) is 8.10. The number of aryl methyl sites for hydroxylation is 1. The summed E-state index contributed by atoms with van der Waals surface area (Å²) in [6, 6.07) is 7.88. The van der Waals surface area contributed by atoms with Crippen LogP contribution in [0.1, 0.15) is 19.4 Å². The molecule has 1 N–H and O–H groups in total. The minimum atomic E-state index is -0.0980. The highest BCUT2D eigenvalue weighted by Crippen LogP contribution is 2.13. The molecule has 1 aliphatic rings. The Kier molecular flexibility index (Phi) is 6.26. The van der Waals surface area contributed by atoms with Crippen LogP contribution in [0.2, 0.25) is 0 Å². The molecule has 1 heterocycles. The largest absolute Gasteiger partial charge is 0.492 e. The Morgan fingerprint density at radius 3 is 2.52 bits per heavy atom. The number of nitrogens with zero attached hydrogens (tertiary/aromatic N) is 2. The Balaban J connectivity index is 1.66. The van der Waals surface area contributed by atoms with Gasteiger partial charge in [-0.2, -0.15) is 0 Å². The lowest BCUT2D eigenvalue weighted by Crippen LogP contribution is -2.53. The first-order valence-corrected chi connectivity index (χ1v) is 8.10. The zero-order valence-corrected chi connectivity index (χ0v) is 13.9. The van der Waals surface area contributed by atoms with Crippen LogP contribution in [0.5, 0.6) is 5.75 Å². The summed E-state index contributed by atoms with van der Waals surface area (Å²) in [5, 5.41) is 2.85. The maximum atomic E-state index is 12.0. The molecular formula is C17H25N3O3. The van der Waals surface area contributed by atoms with Gasteiger partial charge in [-0.05, 0) is 24.1 Å². The summed E-state index contributed by atoms with van der Waals surface area (Å²) >= 11 is 0. The van der Waals surface area contributed by atoms with Crippen LogP contribution in [0.15, 0.2) is 24.3 Å². The van der Waals surface area contributed by atoms with Crippen LogP contribution >= 0.6 is 0 Å². The van der Waals surface area contributed by atoms with Gasteiger partial charge in [-0.3, -0.25) is 4.79 Å². The number of urea groups is 1. The van der Waals surface area contributed by atoms with Crippen molar-refractivity contribution in [1.29, 1.82) is 0 Å². The predicted molar refractivity (Wildman–Crippen MR) is 88.5 cm³/mol. The molecule has 6 heteroatoms. The lowest BCUT2D eigenvalue weighted by Gasteiger charge is -2.34. The van der Waals surface area contributed by atoms with Gasteiger partial charge in [0.1, 0.15) is 12.4 Å². The summed E-state index contributed by atoms with van der Waals surface area (Å²) in [4.78, 5) is 26.8. The van der Waals surface area contributed by atoms with Crippen molar-refractivity contribution in [3.05, 3.63) is 29.8 Å². The van der Waals surface area contributed by atoms with E-state index >= 15 is 0 Å². The SMILES string of the molecule is CCc1cccc(OCCNC(=O)N2CCN(C(C)=O)CC2)c1. The summed E-state index contributed by atoms with van der Waals surface area (Å²) in [5.74, 6) is 0.890. The van der Waals surface area contributed by atoms with Gasteiger partial charge in [-0.1, -0.05) is 19.1 Å². The molecule has 6 nitrogen and oxygen atoms in total. The summed E-state index contributed by atoms with van der Waals surface area (Å²) < 4.78 is 5.65. The van der Waals surface area contributed by atoms with Crippen LogP contribution < -0.4 is 10.1 Å². The van der Waals surface area contributed by atoms with Gasteiger partial charge in [0.15, 0.2) is 0 Å². The van der Waals surface area contributed by atoms with Gasteiger partial charge in [-0.15, -0.1) is 0 Å². The van der Waals surface area contributed by atoms with E-state index in [1.54, 1.807) is 16.7 Å². The van der Waals surface area contributed by atoms with E-state index in [9.17, 15) is 9.59 Å². The number of benzene rings is 1. The molecule has 0 spiro atoms. The van der Waals surface area contributed by atoms with Gasteiger partial charge in [0.05, 0.1) is 6.54 Å². The van der Waals surface area contributed by atoms with Gasteiger partial charge in [0, 0.05) is 33.1 Å². The number of hydrogen-bond acceptors (Lipinski definition) is 3. The van der Waals surface area contributed by atoms with Crippen LogP contribution in [0.3, 0.4) is 0 Å². The summed E-state index contributed by atoms with van der Waals surface area (Å²) in [6.07, 6.45) is 0.972. The lowest BCUT2D eigenvalue weighted by atomic mass is 10.2. The second-order valence-electron chi connectivity index (χ2n) is 5.57. The van der Waals surface area contributed by atoms with Crippen LogP contribution in [0.4, 0.5) is 4.79 Å². The number of nitrogens with one attached hydrogen (secondary N) is 1. The molecule has 0 unspecified atom stereocenters. The van der Waals surface area contributed by atoms with Gasteiger partial charge in [0.2, 0.25) is 5.91 Å². The molecule has 0 aromatic heterocycles. The second kappa shape index (κ2) is 8.41. The molecule has 126 valence electrons. The molecule has 1 aromatic rings. The number of piperazine rings is 1. The topological polar surface area (TPSA) is 61.9 Å². The molecule has 0 aliphatic carbocycles. The highest BCUT2D eigenvalue weighted by molar-refractivity contribution is 5.76. The van der Waals surface area contributed by atoms with Crippen molar-refractivity contribution in [1.82, 2.24) is 15.1 Å². The molecule has 23 heavy (non-hydrogen) atoms. The number of rotatable bonds is 5. The number of carbonyl (C=O) groups is 2. The first kappa shape index (κ1) is 17.1. The quantitative estimate of drug-likeness (QED) is 0.837. The summed E-state index contributed by atoms with van der Waals surface area (Å²) in [6.45, 7) is 6.90. The van der Waals surface area contributed by atoms with Crippen molar-refractivity contribution < 1.29 is 14.3 Å². The molecule has 1 aliphatic heterocycles. The zero-order chi connectivity index (χ0) is 16.7. The Morgan fingerprint density at radius 1 is 1.17 bits per heavy atom. The Morgan fingerprint density at radius 2 is 1.87 bits per heavy atom. The fraction of sp³-hybridized carbons (Fsp3) is 0.529. The van der Waals surface area contributed by atoms with Crippen molar-refractivity contribution >= 4 is 11.9 Å². The first-order chi connectivity index (χ1) is 11.1. The molecule has 1 saturated heterocycles. The number of amides is 3. The van der Waals surface area contributed by atoms with E-state index in [0.717, 1.165) is 12.2 Å². The summed E-state index contributed by atoms with van der Waals surface area (Å²) in [7, 11) is 0. The van der Waals surface area contributed by atoms with Gasteiger partial charge >= 0.3 is 6.03 Å². The van der Waals surface area contributed by atoms with E-state index < -0.39 is 0 Å². The minimum Gasteiger partial charge on any atom is -0.492 e. The van der Waals surface area contributed by atoms with Crippen molar-refractivity contribution in [2.24, 2.45) is 0 Å². The van der Waals surface area contributed by atoms with Crippen molar-refractivity contribution in [2.45, 2.75) is 20.3 Å². The second-order valence-corrected chi connectivity index (χ2v) is 5.57. The van der Waals surface area contributed by atoms with E-state index in [1.165, 1.54) is 5.56 Å². The zero-order valence-electron chi connectivity index (χ0n) is 13.9. The van der Waals surface area contributed by atoms with Crippen molar-refractivity contribution in [2.75, 3.05) is 39.3 Å². The molecule has 2 rings (SSSR count). The standard InChI is InChI=1S/C17H25N3O3/c1-3-15-5-4-6-16(13-15)23-12-7-18-17(22)20-10-8-19(9-11-20)14(2)21/h4-6,13H,3,7-12H2,1-2H3,(H,18,22). The average molecular weight is 319 g/mol. The fourth-order valence-corrected chi connectivity index (χ4v) is 2.52. The van der Waals surface area contributed by atoms with Crippen molar-refractivity contribution in [3.63, 3.8) is 0 Å². The molecular weight excluding hydrogens is 294 g/mol. The molecule has 0 bridgehead atoms. The molecule has 3 amide bonds.